The zero-order chi connectivity index (χ0) is 17.1. The predicted molar refractivity (Wildman–Crippen MR) is 90.0 cm³/mol. The first-order chi connectivity index (χ1) is 11.6. The standard InChI is InChI=1S/C16H15N3O4S/c1-3-23-15(21)13-9-24-16(17-13)19-14(20)8-12(18-19)10-4-6-11(22-2)7-5-10/h4-9,18H,3H2,1-2H3. The summed E-state index contributed by atoms with van der Waals surface area (Å²) in [6.45, 7) is 2.00. The number of aromatic amines is 1. The number of rotatable bonds is 5. The first-order valence-corrected chi connectivity index (χ1v) is 8.10. The largest absolute Gasteiger partial charge is 0.497 e. The third-order valence-corrected chi connectivity index (χ3v) is 4.12. The average Bonchev–Trinajstić information content (AvgIpc) is 3.22. The summed E-state index contributed by atoms with van der Waals surface area (Å²) in [4.78, 5) is 28.0. The number of aromatic nitrogens is 3. The number of benzene rings is 1. The molecule has 0 amide bonds. The van der Waals surface area contributed by atoms with Crippen LogP contribution >= 0.6 is 11.3 Å². The molecule has 2 heterocycles. The van der Waals surface area contributed by atoms with Crippen molar-refractivity contribution < 1.29 is 14.3 Å². The van der Waals surface area contributed by atoms with E-state index in [1.165, 1.54) is 22.1 Å². The van der Waals surface area contributed by atoms with Crippen molar-refractivity contribution in [1.29, 1.82) is 0 Å². The Bertz CT molecular complexity index is 908. The number of carbonyl (C=O) groups excluding carboxylic acids is 1. The van der Waals surface area contributed by atoms with E-state index < -0.39 is 5.97 Å². The molecule has 0 atom stereocenters. The molecule has 3 aromatic rings. The van der Waals surface area contributed by atoms with Gasteiger partial charge in [-0.05, 0) is 36.8 Å². The van der Waals surface area contributed by atoms with Crippen LogP contribution in [-0.2, 0) is 4.74 Å². The predicted octanol–water partition coefficient (Wildman–Crippen LogP) is 2.47. The number of hydrogen-bond donors (Lipinski definition) is 1. The van der Waals surface area contributed by atoms with Gasteiger partial charge in [-0.3, -0.25) is 9.89 Å². The lowest BCUT2D eigenvalue weighted by atomic mass is 10.1. The molecule has 7 nitrogen and oxygen atoms in total. The van der Waals surface area contributed by atoms with Gasteiger partial charge in [0.1, 0.15) is 5.75 Å². The second-order valence-corrected chi connectivity index (χ2v) is 5.64. The summed E-state index contributed by atoms with van der Waals surface area (Å²) in [6, 6.07) is 8.80. The van der Waals surface area contributed by atoms with E-state index in [1.807, 2.05) is 24.3 Å². The molecule has 0 radical (unpaired) electrons. The zero-order valence-electron chi connectivity index (χ0n) is 13.1. The topological polar surface area (TPSA) is 86.2 Å². The lowest BCUT2D eigenvalue weighted by molar-refractivity contribution is 0.0520. The first-order valence-electron chi connectivity index (χ1n) is 7.22. The minimum absolute atomic E-state index is 0.185. The molecule has 0 fully saturated rings. The van der Waals surface area contributed by atoms with E-state index in [4.69, 9.17) is 9.47 Å². The lowest BCUT2D eigenvalue weighted by Crippen LogP contribution is -2.14. The second-order valence-electron chi connectivity index (χ2n) is 4.81. The molecule has 24 heavy (non-hydrogen) atoms. The molecule has 124 valence electrons. The molecule has 0 saturated carbocycles. The third-order valence-electron chi connectivity index (χ3n) is 3.29. The molecule has 1 N–H and O–H groups in total. The summed E-state index contributed by atoms with van der Waals surface area (Å²) in [5.74, 6) is 0.231. The van der Waals surface area contributed by atoms with Crippen LogP contribution in [0.5, 0.6) is 5.75 Å². The Kier molecular flexibility index (Phi) is 4.48. The van der Waals surface area contributed by atoms with Crippen molar-refractivity contribution in [2.45, 2.75) is 6.92 Å². The number of methoxy groups -OCH3 is 1. The van der Waals surface area contributed by atoms with Gasteiger partial charge in [-0.2, -0.15) is 4.68 Å². The Morgan fingerprint density at radius 2 is 2.08 bits per heavy atom. The van der Waals surface area contributed by atoms with E-state index in [1.54, 1.807) is 19.4 Å². The third kappa shape index (κ3) is 3.09. The maximum absolute atomic E-state index is 12.2. The summed E-state index contributed by atoms with van der Waals surface area (Å²) >= 11 is 1.19. The van der Waals surface area contributed by atoms with Crippen LogP contribution in [0, 0.1) is 0 Å². The summed E-state index contributed by atoms with van der Waals surface area (Å²) in [5, 5.41) is 4.94. The Hall–Kier alpha value is -2.87. The van der Waals surface area contributed by atoms with Crippen LogP contribution < -0.4 is 10.3 Å². The Balaban J connectivity index is 1.91. The van der Waals surface area contributed by atoms with Crippen LogP contribution in [0.25, 0.3) is 16.4 Å². The fourth-order valence-electron chi connectivity index (χ4n) is 2.12. The van der Waals surface area contributed by atoms with Gasteiger partial charge in [0, 0.05) is 11.4 Å². The van der Waals surface area contributed by atoms with Crippen molar-refractivity contribution in [1.82, 2.24) is 14.8 Å². The van der Waals surface area contributed by atoms with Crippen LogP contribution in [-0.4, -0.2) is 34.5 Å². The lowest BCUT2D eigenvalue weighted by Gasteiger charge is -2.01. The van der Waals surface area contributed by atoms with Gasteiger partial charge in [-0.25, -0.2) is 9.78 Å². The highest BCUT2D eigenvalue weighted by molar-refractivity contribution is 7.12. The highest BCUT2D eigenvalue weighted by Crippen LogP contribution is 2.21. The van der Waals surface area contributed by atoms with Crippen molar-refractivity contribution in [2.24, 2.45) is 0 Å². The van der Waals surface area contributed by atoms with Crippen molar-refractivity contribution in [3.05, 3.63) is 51.8 Å². The minimum Gasteiger partial charge on any atom is -0.497 e. The summed E-state index contributed by atoms with van der Waals surface area (Å²) < 4.78 is 11.3. The van der Waals surface area contributed by atoms with E-state index in [0.717, 1.165) is 11.3 Å². The molecular formula is C16H15N3O4S. The number of nitrogens with one attached hydrogen (secondary N) is 1. The van der Waals surface area contributed by atoms with E-state index >= 15 is 0 Å². The van der Waals surface area contributed by atoms with Crippen LogP contribution in [0.15, 0.2) is 40.5 Å². The Morgan fingerprint density at radius 1 is 1.33 bits per heavy atom. The Labute approximate surface area is 141 Å². The first kappa shape index (κ1) is 16.0. The number of carbonyl (C=O) groups is 1. The maximum Gasteiger partial charge on any atom is 0.357 e. The van der Waals surface area contributed by atoms with E-state index in [2.05, 4.69) is 10.1 Å². The molecule has 8 heteroatoms. The summed E-state index contributed by atoms with van der Waals surface area (Å²) in [6.07, 6.45) is 0. The van der Waals surface area contributed by atoms with Gasteiger partial charge in [0.05, 0.1) is 19.4 Å². The SMILES string of the molecule is CCOC(=O)c1csc(-n2[nH]c(-c3ccc(OC)cc3)cc2=O)n1. The van der Waals surface area contributed by atoms with Crippen molar-refractivity contribution in [3.8, 4) is 22.1 Å². The molecule has 0 saturated heterocycles. The van der Waals surface area contributed by atoms with Gasteiger partial charge in [0.25, 0.3) is 5.56 Å². The summed E-state index contributed by atoms with van der Waals surface area (Å²) in [7, 11) is 1.59. The van der Waals surface area contributed by atoms with Crippen molar-refractivity contribution >= 4 is 17.3 Å². The Morgan fingerprint density at radius 3 is 2.75 bits per heavy atom. The van der Waals surface area contributed by atoms with Crippen molar-refractivity contribution in [2.75, 3.05) is 13.7 Å². The normalized spacial score (nSPS) is 10.6. The molecule has 2 aromatic heterocycles. The van der Waals surface area contributed by atoms with E-state index in [9.17, 15) is 9.59 Å². The number of ether oxygens (including phenoxy) is 2. The molecule has 0 unspecified atom stereocenters. The van der Waals surface area contributed by atoms with Crippen LogP contribution in [0.1, 0.15) is 17.4 Å². The minimum atomic E-state index is -0.505. The van der Waals surface area contributed by atoms with E-state index in [-0.39, 0.29) is 17.9 Å². The fraction of sp³-hybridized carbons (Fsp3) is 0.188. The molecule has 3 rings (SSSR count). The average molecular weight is 345 g/mol. The molecule has 0 bridgehead atoms. The molecule has 0 aliphatic heterocycles. The maximum atomic E-state index is 12.2. The smallest absolute Gasteiger partial charge is 0.357 e. The van der Waals surface area contributed by atoms with Gasteiger partial charge in [0.2, 0.25) is 5.13 Å². The van der Waals surface area contributed by atoms with Crippen LogP contribution in [0.4, 0.5) is 0 Å². The fourth-order valence-corrected chi connectivity index (χ4v) is 2.88. The monoisotopic (exact) mass is 345 g/mol. The molecule has 0 aliphatic rings. The molecule has 1 aromatic carbocycles. The number of esters is 1. The number of thiazole rings is 1. The molecule has 0 spiro atoms. The quantitative estimate of drug-likeness (QED) is 0.718. The van der Waals surface area contributed by atoms with Gasteiger partial charge in [-0.1, -0.05) is 0 Å². The number of hydrogen-bond acceptors (Lipinski definition) is 6. The van der Waals surface area contributed by atoms with Gasteiger partial charge in [0.15, 0.2) is 5.69 Å². The van der Waals surface area contributed by atoms with Gasteiger partial charge < -0.3 is 9.47 Å². The van der Waals surface area contributed by atoms with Crippen molar-refractivity contribution in [3.63, 3.8) is 0 Å². The van der Waals surface area contributed by atoms with Crippen LogP contribution in [0.2, 0.25) is 0 Å². The van der Waals surface area contributed by atoms with Gasteiger partial charge in [-0.15, -0.1) is 11.3 Å². The summed E-state index contributed by atoms with van der Waals surface area (Å²) in [5.41, 5.74) is 1.42. The second kappa shape index (κ2) is 6.71. The highest BCUT2D eigenvalue weighted by atomic mass is 32.1. The molecular weight excluding hydrogens is 330 g/mol. The number of H-pyrrole nitrogens is 1. The highest BCUT2D eigenvalue weighted by Gasteiger charge is 2.15. The van der Waals surface area contributed by atoms with E-state index in [0.29, 0.717) is 10.8 Å². The molecule has 0 aliphatic carbocycles. The van der Waals surface area contributed by atoms with Gasteiger partial charge >= 0.3 is 5.97 Å². The van der Waals surface area contributed by atoms with Crippen LogP contribution in [0.3, 0.4) is 0 Å². The zero-order valence-corrected chi connectivity index (χ0v) is 13.9. The number of nitrogens with zero attached hydrogens (tertiary/aromatic N) is 2.